The van der Waals surface area contributed by atoms with E-state index in [1.165, 1.54) is 7.11 Å². The van der Waals surface area contributed by atoms with Crippen LogP contribution in [0.5, 0.6) is 0 Å². The zero-order valence-corrected chi connectivity index (χ0v) is 8.39. The maximum atomic E-state index is 11.2. The normalized spacial score (nSPS) is 15.8. The van der Waals surface area contributed by atoms with E-state index >= 15 is 0 Å². The first kappa shape index (κ1) is 11.7. The smallest absolute Gasteiger partial charge is 0.327 e. The molecule has 0 amide bonds. The quantitative estimate of drug-likeness (QED) is 0.489. The summed E-state index contributed by atoms with van der Waals surface area (Å²) in [5.74, 6) is -0.339. The van der Waals surface area contributed by atoms with Gasteiger partial charge in [-0.25, -0.2) is 0 Å². The molecule has 0 aromatic rings. The fourth-order valence-corrected chi connectivity index (χ4v) is 1.46. The van der Waals surface area contributed by atoms with Crippen LogP contribution in [0.4, 0.5) is 0 Å². The number of rotatable bonds is 4. The van der Waals surface area contributed by atoms with Crippen molar-refractivity contribution in [3.05, 3.63) is 0 Å². The third-order valence-electron chi connectivity index (χ3n) is 1.37. The van der Waals surface area contributed by atoms with Gasteiger partial charge in [0.2, 0.25) is 0 Å². The fourth-order valence-electron chi connectivity index (χ4n) is 0.589. The fraction of sp³-hybridized carbons (Fsp3) is 0.857. The van der Waals surface area contributed by atoms with E-state index in [9.17, 15) is 9.35 Å². The summed E-state index contributed by atoms with van der Waals surface area (Å²) in [4.78, 5) is 10.8. The Morgan fingerprint density at radius 3 is 2.50 bits per heavy atom. The molecule has 0 aromatic carbocycles. The second-order valence-corrected chi connectivity index (χ2v) is 4.76. The van der Waals surface area contributed by atoms with Gasteiger partial charge in [-0.3, -0.25) is 4.79 Å². The number of methoxy groups -OCH3 is 1. The Kier molecular flexibility index (Phi) is 5.28. The standard InChI is InChI=1S/C7H15NO3S/c1-5(2)12(10)4-6(8)7(9)11-3/h5-6H,4,8H2,1-3H3/t6-,12?/m0/s1. The van der Waals surface area contributed by atoms with Gasteiger partial charge in [0.05, 0.1) is 7.11 Å². The van der Waals surface area contributed by atoms with Crippen LogP contribution in [0.1, 0.15) is 13.8 Å². The molecule has 0 aliphatic heterocycles. The molecule has 0 saturated heterocycles. The second kappa shape index (κ2) is 5.40. The van der Waals surface area contributed by atoms with Crippen molar-refractivity contribution in [1.82, 2.24) is 0 Å². The van der Waals surface area contributed by atoms with Crippen LogP contribution in [0.15, 0.2) is 0 Å². The van der Waals surface area contributed by atoms with Crippen LogP contribution in [0.25, 0.3) is 0 Å². The monoisotopic (exact) mass is 193 g/mol. The summed E-state index contributed by atoms with van der Waals surface area (Å²) in [5.41, 5.74) is 5.40. The molecule has 4 nitrogen and oxygen atoms in total. The van der Waals surface area contributed by atoms with Gasteiger partial charge in [0, 0.05) is 0 Å². The Balaban J connectivity index is 3.83. The van der Waals surface area contributed by atoms with Crippen molar-refractivity contribution in [2.24, 2.45) is 5.73 Å². The molecule has 0 aliphatic carbocycles. The van der Waals surface area contributed by atoms with Crippen molar-refractivity contribution >= 4 is 17.1 Å². The average Bonchev–Trinajstić information content (AvgIpc) is 2.02. The van der Waals surface area contributed by atoms with Crippen molar-refractivity contribution in [1.29, 1.82) is 0 Å². The molecular formula is C7H15NO3S. The lowest BCUT2D eigenvalue weighted by molar-refractivity contribution is -0.141. The van der Waals surface area contributed by atoms with Crippen molar-refractivity contribution < 1.29 is 14.1 Å². The number of carbonyl (C=O) groups excluding carboxylic acids is 1. The van der Waals surface area contributed by atoms with Crippen molar-refractivity contribution in [3.63, 3.8) is 0 Å². The number of nitrogens with two attached hydrogens (primary N) is 1. The van der Waals surface area contributed by atoms with Gasteiger partial charge < -0.3 is 15.0 Å². The van der Waals surface area contributed by atoms with E-state index in [4.69, 9.17) is 5.73 Å². The van der Waals surface area contributed by atoms with Gasteiger partial charge in [0.1, 0.15) is 17.0 Å². The van der Waals surface area contributed by atoms with Gasteiger partial charge in [0.15, 0.2) is 0 Å². The Hall–Kier alpha value is -0.260. The molecule has 0 saturated carbocycles. The van der Waals surface area contributed by atoms with Gasteiger partial charge in [-0.1, -0.05) is 0 Å². The van der Waals surface area contributed by atoms with Crippen LogP contribution in [0, 0.1) is 0 Å². The molecule has 0 aliphatic rings. The summed E-state index contributed by atoms with van der Waals surface area (Å²) in [6.07, 6.45) is 0. The molecule has 0 bridgehead atoms. The van der Waals surface area contributed by atoms with E-state index in [2.05, 4.69) is 4.74 Å². The highest BCUT2D eigenvalue weighted by Gasteiger charge is 2.22. The number of hydrogen-bond donors (Lipinski definition) is 1. The topological polar surface area (TPSA) is 75.4 Å². The second-order valence-electron chi connectivity index (χ2n) is 2.73. The summed E-state index contributed by atoms with van der Waals surface area (Å²) in [6, 6.07) is -0.766. The number of carbonyl (C=O) groups is 1. The molecule has 1 unspecified atom stereocenters. The van der Waals surface area contributed by atoms with Crippen molar-refractivity contribution in [2.75, 3.05) is 12.9 Å². The van der Waals surface area contributed by atoms with Crippen LogP contribution in [0.3, 0.4) is 0 Å². The minimum Gasteiger partial charge on any atom is -0.616 e. The van der Waals surface area contributed by atoms with Gasteiger partial charge in [0.25, 0.3) is 0 Å². The molecular weight excluding hydrogens is 178 g/mol. The molecule has 12 heavy (non-hydrogen) atoms. The molecule has 2 N–H and O–H groups in total. The highest BCUT2D eigenvalue weighted by molar-refractivity contribution is 7.92. The zero-order chi connectivity index (χ0) is 9.72. The van der Waals surface area contributed by atoms with Gasteiger partial charge in [-0.05, 0) is 25.0 Å². The predicted molar refractivity (Wildman–Crippen MR) is 48.1 cm³/mol. The zero-order valence-electron chi connectivity index (χ0n) is 7.57. The van der Waals surface area contributed by atoms with E-state index in [0.717, 1.165) is 0 Å². The largest absolute Gasteiger partial charge is 0.616 e. The first-order valence-corrected chi connectivity index (χ1v) is 5.07. The SMILES string of the molecule is COC(=O)[C@@H](N)C[S+]([O-])C(C)C. The first-order chi connectivity index (χ1) is 5.49. The van der Waals surface area contributed by atoms with Crippen LogP contribution in [-0.2, 0) is 20.7 Å². The van der Waals surface area contributed by atoms with Gasteiger partial charge >= 0.3 is 5.97 Å². The summed E-state index contributed by atoms with van der Waals surface area (Å²) < 4.78 is 15.6. The molecule has 0 spiro atoms. The van der Waals surface area contributed by atoms with Crippen LogP contribution >= 0.6 is 0 Å². The number of hydrogen-bond acceptors (Lipinski definition) is 4. The molecule has 2 atom stereocenters. The maximum absolute atomic E-state index is 11.2. The Labute approximate surface area is 75.6 Å². The first-order valence-electron chi connectivity index (χ1n) is 3.69. The van der Waals surface area contributed by atoms with Crippen molar-refractivity contribution in [2.45, 2.75) is 25.1 Å². The summed E-state index contributed by atoms with van der Waals surface area (Å²) in [6.45, 7) is 3.64. The maximum Gasteiger partial charge on any atom is 0.327 e. The predicted octanol–water partition coefficient (Wildman–Crippen LogP) is -0.356. The summed E-state index contributed by atoms with van der Waals surface area (Å²) >= 11 is -1.05. The Morgan fingerprint density at radius 1 is 1.67 bits per heavy atom. The van der Waals surface area contributed by atoms with Gasteiger partial charge in [-0.15, -0.1) is 0 Å². The number of esters is 1. The molecule has 0 fully saturated rings. The molecule has 0 rings (SSSR count). The third kappa shape index (κ3) is 3.94. The van der Waals surface area contributed by atoms with E-state index in [1.54, 1.807) is 0 Å². The van der Waals surface area contributed by atoms with Crippen LogP contribution in [-0.4, -0.2) is 34.7 Å². The lowest BCUT2D eigenvalue weighted by atomic mass is 10.4. The summed E-state index contributed by atoms with van der Waals surface area (Å²) in [5, 5.41) is 0.0284. The Morgan fingerprint density at radius 2 is 2.17 bits per heavy atom. The minimum absolute atomic E-state index is 0.0284. The van der Waals surface area contributed by atoms with E-state index < -0.39 is 23.2 Å². The highest BCUT2D eigenvalue weighted by atomic mass is 32.2. The van der Waals surface area contributed by atoms with E-state index in [1.807, 2.05) is 13.8 Å². The van der Waals surface area contributed by atoms with Crippen molar-refractivity contribution in [3.8, 4) is 0 Å². The molecule has 0 radical (unpaired) electrons. The van der Waals surface area contributed by atoms with Gasteiger partial charge in [-0.2, -0.15) is 0 Å². The number of ether oxygens (including phenoxy) is 1. The van der Waals surface area contributed by atoms with Crippen LogP contribution < -0.4 is 5.73 Å². The molecule has 0 heterocycles. The Bertz CT molecular complexity index is 152. The van der Waals surface area contributed by atoms with E-state index in [-0.39, 0.29) is 11.0 Å². The molecule has 0 aromatic heterocycles. The summed E-state index contributed by atoms with van der Waals surface area (Å²) in [7, 11) is 1.26. The molecule has 72 valence electrons. The highest BCUT2D eigenvalue weighted by Crippen LogP contribution is 2.02. The van der Waals surface area contributed by atoms with Crippen LogP contribution in [0.2, 0.25) is 0 Å². The lowest BCUT2D eigenvalue weighted by Gasteiger charge is -2.17. The third-order valence-corrected chi connectivity index (χ3v) is 3.11. The minimum atomic E-state index is -1.05. The average molecular weight is 193 g/mol. The molecule has 5 heteroatoms. The van der Waals surface area contributed by atoms with E-state index in [0.29, 0.717) is 0 Å². The lowest BCUT2D eigenvalue weighted by Crippen LogP contribution is -2.40.